The highest BCUT2D eigenvalue weighted by atomic mass is 16.6. The highest BCUT2D eigenvalue weighted by Crippen LogP contribution is 2.23. The standard InChI is InChI=1S/C19H18O6/c1-11(2)18(22)25-12(3)10-24-19(23)16-14-7-5-4-6-13(14)8-9-15(16)17(20)21/h4-9,12H,1,10H2,2-3H3,(H,20,21). The molecule has 0 saturated heterocycles. The zero-order chi connectivity index (χ0) is 18.6. The first-order valence-electron chi connectivity index (χ1n) is 7.60. The molecule has 0 amide bonds. The second-order valence-electron chi connectivity index (χ2n) is 5.61. The van der Waals surface area contributed by atoms with E-state index in [1.807, 2.05) is 0 Å². The van der Waals surface area contributed by atoms with Crippen molar-refractivity contribution >= 4 is 28.7 Å². The van der Waals surface area contributed by atoms with E-state index in [1.54, 1.807) is 37.3 Å². The van der Waals surface area contributed by atoms with E-state index in [9.17, 15) is 19.5 Å². The van der Waals surface area contributed by atoms with Gasteiger partial charge in [0, 0.05) is 5.57 Å². The molecular weight excluding hydrogens is 324 g/mol. The second-order valence-corrected chi connectivity index (χ2v) is 5.61. The molecule has 0 saturated carbocycles. The molecule has 2 aromatic rings. The summed E-state index contributed by atoms with van der Waals surface area (Å²) in [7, 11) is 0. The second kappa shape index (κ2) is 7.61. The fourth-order valence-electron chi connectivity index (χ4n) is 2.25. The van der Waals surface area contributed by atoms with E-state index >= 15 is 0 Å². The summed E-state index contributed by atoms with van der Waals surface area (Å²) < 4.78 is 10.2. The van der Waals surface area contributed by atoms with Crippen molar-refractivity contribution < 1.29 is 29.0 Å². The third-order valence-electron chi connectivity index (χ3n) is 3.47. The Morgan fingerprint density at radius 1 is 1.16 bits per heavy atom. The van der Waals surface area contributed by atoms with Gasteiger partial charge in [-0.1, -0.05) is 36.9 Å². The molecule has 6 heteroatoms. The predicted molar refractivity (Wildman–Crippen MR) is 91.6 cm³/mol. The van der Waals surface area contributed by atoms with Crippen LogP contribution in [-0.2, 0) is 14.3 Å². The number of ether oxygens (including phenoxy) is 2. The molecule has 0 aliphatic carbocycles. The molecule has 0 spiro atoms. The van der Waals surface area contributed by atoms with Crippen LogP contribution in [-0.4, -0.2) is 35.7 Å². The number of carbonyl (C=O) groups excluding carboxylic acids is 2. The van der Waals surface area contributed by atoms with Crippen LogP contribution in [0.15, 0.2) is 48.6 Å². The van der Waals surface area contributed by atoms with E-state index in [2.05, 4.69) is 6.58 Å². The van der Waals surface area contributed by atoms with E-state index in [0.29, 0.717) is 5.39 Å². The van der Waals surface area contributed by atoms with Crippen LogP contribution in [0, 0.1) is 0 Å². The van der Waals surface area contributed by atoms with Gasteiger partial charge in [-0.25, -0.2) is 14.4 Å². The van der Waals surface area contributed by atoms with Crippen LogP contribution < -0.4 is 0 Å². The molecule has 1 atom stereocenters. The van der Waals surface area contributed by atoms with Crippen molar-refractivity contribution in [2.75, 3.05) is 6.61 Å². The molecule has 0 aliphatic heterocycles. The highest BCUT2D eigenvalue weighted by molar-refractivity contribution is 6.12. The van der Waals surface area contributed by atoms with Crippen molar-refractivity contribution in [2.45, 2.75) is 20.0 Å². The Kier molecular flexibility index (Phi) is 5.54. The summed E-state index contributed by atoms with van der Waals surface area (Å²) in [5.41, 5.74) is 0.0692. The van der Waals surface area contributed by atoms with Crippen molar-refractivity contribution in [3.8, 4) is 0 Å². The topological polar surface area (TPSA) is 89.9 Å². The number of carbonyl (C=O) groups is 3. The van der Waals surface area contributed by atoms with Crippen molar-refractivity contribution in [3.63, 3.8) is 0 Å². The van der Waals surface area contributed by atoms with Crippen molar-refractivity contribution in [1.82, 2.24) is 0 Å². The van der Waals surface area contributed by atoms with Gasteiger partial charge in [0.1, 0.15) is 12.7 Å². The predicted octanol–water partition coefficient (Wildman–Crippen LogP) is 3.20. The quantitative estimate of drug-likeness (QED) is 0.640. The summed E-state index contributed by atoms with van der Waals surface area (Å²) in [5.74, 6) is -2.59. The summed E-state index contributed by atoms with van der Waals surface area (Å²) in [6.07, 6.45) is -0.684. The summed E-state index contributed by atoms with van der Waals surface area (Å²) in [6.45, 7) is 6.35. The van der Waals surface area contributed by atoms with Crippen LogP contribution in [0.25, 0.3) is 10.8 Å². The molecular formula is C19H18O6. The molecule has 1 N–H and O–H groups in total. The lowest BCUT2D eigenvalue weighted by Crippen LogP contribution is -2.23. The van der Waals surface area contributed by atoms with E-state index in [4.69, 9.17) is 9.47 Å². The molecule has 0 heterocycles. The number of hydrogen-bond donors (Lipinski definition) is 1. The molecule has 25 heavy (non-hydrogen) atoms. The minimum atomic E-state index is -1.22. The van der Waals surface area contributed by atoms with E-state index in [0.717, 1.165) is 5.39 Å². The normalized spacial score (nSPS) is 11.6. The Labute approximate surface area is 144 Å². The molecule has 0 aromatic heterocycles. The zero-order valence-corrected chi connectivity index (χ0v) is 13.9. The number of rotatable bonds is 6. The maximum Gasteiger partial charge on any atom is 0.339 e. The third kappa shape index (κ3) is 4.23. The Hall–Kier alpha value is -3.15. The van der Waals surface area contributed by atoms with E-state index in [1.165, 1.54) is 13.0 Å². The molecule has 130 valence electrons. The monoisotopic (exact) mass is 342 g/mol. The smallest absolute Gasteiger partial charge is 0.339 e. The Balaban J connectivity index is 2.24. The number of carboxylic acids is 1. The highest BCUT2D eigenvalue weighted by Gasteiger charge is 2.22. The maximum atomic E-state index is 12.5. The van der Waals surface area contributed by atoms with Gasteiger partial charge in [0.15, 0.2) is 0 Å². The Morgan fingerprint density at radius 3 is 2.48 bits per heavy atom. The zero-order valence-electron chi connectivity index (χ0n) is 13.9. The van der Waals surface area contributed by atoms with Gasteiger partial charge in [-0.05, 0) is 30.7 Å². The summed E-state index contributed by atoms with van der Waals surface area (Å²) >= 11 is 0. The minimum absolute atomic E-state index is 0.0240. The van der Waals surface area contributed by atoms with Gasteiger partial charge in [-0.3, -0.25) is 0 Å². The molecule has 0 aliphatic rings. The molecule has 2 aromatic carbocycles. The van der Waals surface area contributed by atoms with Crippen LogP contribution in [0.5, 0.6) is 0 Å². The number of aromatic carboxylic acids is 1. The molecule has 0 fully saturated rings. The molecule has 1 unspecified atom stereocenters. The molecule has 2 rings (SSSR count). The van der Waals surface area contributed by atoms with Crippen molar-refractivity contribution in [3.05, 3.63) is 59.7 Å². The number of hydrogen-bond acceptors (Lipinski definition) is 5. The third-order valence-corrected chi connectivity index (χ3v) is 3.47. The van der Waals surface area contributed by atoms with Gasteiger partial charge in [0.25, 0.3) is 0 Å². The first-order valence-corrected chi connectivity index (χ1v) is 7.60. The largest absolute Gasteiger partial charge is 0.478 e. The lowest BCUT2D eigenvalue weighted by molar-refractivity contribution is -0.145. The summed E-state index contributed by atoms with van der Waals surface area (Å²) in [6, 6.07) is 9.93. The number of fused-ring (bicyclic) bond motifs is 1. The van der Waals surface area contributed by atoms with Crippen LogP contribution >= 0.6 is 0 Å². The van der Waals surface area contributed by atoms with Gasteiger partial charge in [-0.15, -0.1) is 0 Å². The lowest BCUT2D eigenvalue weighted by atomic mass is 9.99. The Morgan fingerprint density at radius 2 is 1.84 bits per heavy atom. The number of carboxylic acid groups (broad SMARTS) is 1. The lowest BCUT2D eigenvalue weighted by Gasteiger charge is -2.15. The molecule has 0 radical (unpaired) electrons. The SMILES string of the molecule is C=C(C)C(=O)OC(C)COC(=O)c1c(C(=O)O)ccc2ccccc12. The van der Waals surface area contributed by atoms with Gasteiger partial charge >= 0.3 is 17.9 Å². The first kappa shape index (κ1) is 18.2. The maximum absolute atomic E-state index is 12.5. The number of esters is 2. The van der Waals surface area contributed by atoms with Crippen LogP contribution in [0.1, 0.15) is 34.6 Å². The molecule has 0 bridgehead atoms. The van der Waals surface area contributed by atoms with Gasteiger partial charge < -0.3 is 14.6 Å². The van der Waals surface area contributed by atoms with Gasteiger partial charge in [0.05, 0.1) is 11.1 Å². The first-order chi connectivity index (χ1) is 11.8. The average Bonchev–Trinajstić information content (AvgIpc) is 2.58. The minimum Gasteiger partial charge on any atom is -0.478 e. The van der Waals surface area contributed by atoms with Crippen molar-refractivity contribution in [1.29, 1.82) is 0 Å². The van der Waals surface area contributed by atoms with Crippen LogP contribution in [0.4, 0.5) is 0 Å². The molecule has 6 nitrogen and oxygen atoms in total. The number of benzene rings is 2. The van der Waals surface area contributed by atoms with Crippen molar-refractivity contribution in [2.24, 2.45) is 0 Å². The van der Waals surface area contributed by atoms with Crippen LogP contribution in [0.2, 0.25) is 0 Å². The van der Waals surface area contributed by atoms with Gasteiger partial charge in [0.2, 0.25) is 0 Å². The average molecular weight is 342 g/mol. The summed E-state index contributed by atoms with van der Waals surface area (Å²) in [4.78, 5) is 35.4. The Bertz CT molecular complexity index is 852. The fourth-order valence-corrected chi connectivity index (χ4v) is 2.25. The van der Waals surface area contributed by atoms with Crippen LogP contribution in [0.3, 0.4) is 0 Å². The van der Waals surface area contributed by atoms with E-state index in [-0.39, 0.29) is 23.3 Å². The summed E-state index contributed by atoms with van der Waals surface area (Å²) in [5, 5.41) is 10.6. The van der Waals surface area contributed by atoms with Gasteiger partial charge in [-0.2, -0.15) is 0 Å². The van der Waals surface area contributed by atoms with E-state index < -0.39 is 24.0 Å². The fraction of sp³-hybridized carbons (Fsp3) is 0.211.